The summed E-state index contributed by atoms with van der Waals surface area (Å²) < 4.78 is 24.1. The number of nitrogens with zero attached hydrogens (tertiary/aromatic N) is 2. The summed E-state index contributed by atoms with van der Waals surface area (Å²) in [4.78, 5) is 3.82. The van der Waals surface area contributed by atoms with Gasteiger partial charge in [0.1, 0.15) is 5.82 Å². The van der Waals surface area contributed by atoms with E-state index in [1.54, 1.807) is 19.1 Å². The second kappa shape index (κ2) is 3.83. The van der Waals surface area contributed by atoms with Gasteiger partial charge in [0.05, 0.1) is 17.6 Å². The lowest BCUT2D eigenvalue weighted by Crippen LogP contribution is -2.28. The van der Waals surface area contributed by atoms with Gasteiger partial charge in [0.25, 0.3) is 0 Å². The summed E-state index contributed by atoms with van der Waals surface area (Å²) in [6.45, 7) is 1.59. The molecule has 1 aromatic heterocycles. The maximum Gasteiger partial charge on any atom is 0.234 e. The normalized spacial score (nSPS) is 11.3. The summed E-state index contributed by atoms with van der Waals surface area (Å²) in [5, 5.41) is 0. The molecule has 2 N–H and O–H groups in total. The molecule has 6 heteroatoms. The van der Waals surface area contributed by atoms with Crippen molar-refractivity contribution in [1.82, 2.24) is 4.98 Å². The highest BCUT2D eigenvalue weighted by atomic mass is 32.2. The van der Waals surface area contributed by atoms with Crippen LogP contribution >= 0.6 is 0 Å². The number of rotatable bonds is 3. The van der Waals surface area contributed by atoms with Gasteiger partial charge in [-0.2, -0.15) is 0 Å². The van der Waals surface area contributed by atoms with Crippen LogP contribution in [0.25, 0.3) is 0 Å². The van der Waals surface area contributed by atoms with E-state index < -0.39 is 10.0 Å². The first-order valence-corrected chi connectivity index (χ1v) is 5.76. The molecule has 1 rings (SSSR count). The van der Waals surface area contributed by atoms with Gasteiger partial charge in [-0.25, -0.2) is 13.4 Å². The third-order valence-corrected chi connectivity index (χ3v) is 3.69. The fraction of sp³-hybridized carbons (Fsp3) is 0.375. The number of sulfonamides is 1. The van der Waals surface area contributed by atoms with Crippen molar-refractivity contribution in [1.29, 1.82) is 0 Å². The Bertz CT molecular complexity index is 399. The molecule has 0 aliphatic heterocycles. The predicted molar refractivity (Wildman–Crippen MR) is 56.5 cm³/mol. The Balaban J connectivity index is 3.01. The van der Waals surface area contributed by atoms with E-state index in [9.17, 15) is 8.42 Å². The van der Waals surface area contributed by atoms with Crippen molar-refractivity contribution in [3.8, 4) is 0 Å². The van der Waals surface area contributed by atoms with E-state index in [1.807, 2.05) is 0 Å². The van der Waals surface area contributed by atoms with Crippen LogP contribution in [-0.2, 0) is 10.0 Å². The van der Waals surface area contributed by atoms with Gasteiger partial charge in [-0.15, -0.1) is 0 Å². The molecule has 0 radical (unpaired) electrons. The highest BCUT2D eigenvalue weighted by Gasteiger charge is 2.15. The highest BCUT2D eigenvalue weighted by molar-refractivity contribution is 7.92. The molecular weight excluding hydrogens is 202 g/mol. The Morgan fingerprint density at radius 1 is 1.50 bits per heavy atom. The lowest BCUT2D eigenvalue weighted by Gasteiger charge is -2.17. The molecule has 0 amide bonds. The first kappa shape index (κ1) is 10.8. The van der Waals surface area contributed by atoms with Crippen molar-refractivity contribution in [3.05, 3.63) is 18.3 Å². The van der Waals surface area contributed by atoms with Gasteiger partial charge in [0.15, 0.2) is 0 Å². The standard InChI is InChI=1S/C8H13N3O2S/c1-3-14(12,13)11(2)7-4-5-8(9)10-6-7/h4-6H,3H2,1-2H3,(H2,9,10). The lowest BCUT2D eigenvalue weighted by atomic mass is 10.4. The maximum absolute atomic E-state index is 11.5. The zero-order valence-corrected chi connectivity index (χ0v) is 8.95. The Morgan fingerprint density at radius 3 is 2.57 bits per heavy atom. The molecule has 0 saturated heterocycles. The number of aromatic nitrogens is 1. The Hall–Kier alpha value is -1.30. The van der Waals surface area contributed by atoms with Crippen LogP contribution in [0.1, 0.15) is 6.92 Å². The number of anilines is 2. The molecule has 1 aromatic rings. The summed E-state index contributed by atoms with van der Waals surface area (Å²) in [6, 6.07) is 3.19. The average Bonchev–Trinajstić information content (AvgIpc) is 2.18. The highest BCUT2D eigenvalue weighted by Crippen LogP contribution is 2.15. The van der Waals surface area contributed by atoms with Crippen molar-refractivity contribution < 1.29 is 8.42 Å². The van der Waals surface area contributed by atoms with Gasteiger partial charge in [-0.05, 0) is 19.1 Å². The molecule has 78 valence electrons. The zero-order valence-electron chi connectivity index (χ0n) is 8.14. The predicted octanol–water partition coefficient (Wildman–Crippen LogP) is 0.450. The van der Waals surface area contributed by atoms with Crippen molar-refractivity contribution in [2.45, 2.75) is 6.92 Å². The minimum atomic E-state index is -3.21. The van der Waals surface area contributed by atoms with E-state index >= 15 is 0 Å². The largest absolute Gasteiger partial charge is 0.384 e. The number of hydrogen-bond donors (Lipinski definition) is 1. The smallest absolute Gasteiger partial charge is 0.234 e. The Morgan fingerprint density at radius 2 is 2.14 bits per heavy atom. The molecule has 0 aromatic carbocycles. The van der Waals surface area contributed by atoms with Crippen LogP contribution in [0, 0.1) is 0 Å². The summed E-state index contributed by atoms with van der Waals surface area (Å²) in [7, 11) is -1.72. The fourth-order valence-electron chi connectivity index (χ4n) is 0.938. The molecule has 1 heterocycles. The first-order chi connectivity index (χ1) is 6.47. The Labute approximate surface area is 83.6 Å². The molecular formula is C8H13N3O2S. The van der Waals surface area contributed by atoms with Gasteiger partial charge < -0.3 is 5.73 Å². The quantitative estimate of drug-likeness (QED) is 0.794. The third kappa shape index (κ3) is 2.14. The van der Waals surface area contributed by atoms with E-state index in [0.29, 0.717) is 11.5 Å². The van der Waals surface area contributed by atoms with E-state index in [-0.39, 0.29) is 5.75 Å². The summed E-state index contributed by atoms with van der Waals surface area (Å²) >= 11 is 0. The lowest BCUT2D eigenvalue weighted by molar-refractivity contribution is 0.595. The van der Waals surface area contributed by atoms with E-state index in [2.05, 4.69) is 4.98 Å². The van der Waals surface area contributed by atoms with Crippen molar-refractivity contribution in [2.75, 3.05) is 22.8 Å². The van der Waals surface area contributed by atoms with E-state index in [4.69, 9.17) is 5.73 Å². The van der Waals surface area contributed by atoms with E-state index in [1.165, 1.54) is 17.5 Å². The summed E-state index contributed by atoms with van der Waals surface area (Å²) in [5.74, 6) is 0.435. The van der Waals surface area contributed by atoms with Crippen LogP contribution in [0.15, 0.2) is 18.3 Å². The molecule has 0 fully saturated rings. The van der Waals surface area contributed by atoms with Crippen molar-refractivity contribution in [3.63, 3.8) is 0 Å². The molecule has 0 saturated carbocycles. The zero-order chi connectivity index (χ0) is 10.8. The molecule has 14 heavy (non-hydrogen) atoms. The van der Waals surface area contributed by atoms with Crippen LogP contribution in [0.3, 0.4) is 0 Å². The van der Waals surface area contributed by atoms with Gasteiger partial charge in [-0.1, -0.05) is 0 Å². The number of pyridine rings is 1. The second-order valence-electron chi connectivity index (χ2n) is 2.81. The number of nitrogen functional groups attached to an aromatic ring is 1. The monoisotopic (exact) mass is 215 g/mol. The Kier molecular flexibility index (Phi) is 2.95. The van der Waals surface area contributed by atoms with Gasteiger partial charge in [-0.3, -0.25) is 4.31 Å². The third-order valence-electron chi connectivity index (χ3n) is 1.92. The number of nitrogens with two attached hydrogens (primary N) is 1. The maximum atomic E-state index is 11.5. The van der Waals surface area contributed by atoms with Crippen LogP contribution < -0.4 is 10.0 Å². The van der Waals surface area contributed by atoms with Crippen LogP contribution in [0.5, 0.6) is 0 Å². The average molecular weight is 215 g/mol. The summed E-state index contributed by atoms with van der Waals surface area (Å²) in [5.41, 5.74) is 5.90. The first-order valence-electron chi connectivity index (χ1n) is 4.15. The van der Waals surface area contributed by atoms with Gasteiger partial charge in [0.2, 0.25) is 10.0 Å². The summed E-state index contributed by atoms with van der Waals surface area (Å²) in [6.07, 6.45) is 1.43. The minimum Gasteiger partial charge on any atom is -0.384 e. The van der Waals surface area contributed by atoms with E-state index in [0.717, 1.165) is 0 Å². The fourth-order valence-corrected chi connectivity index (χ4v) is 1.75. The van der Waals surface area contributed by atoms with Gasteiger partial charge >= 0.3 is 0 Å². The molecule has 0 bridgehead atoms. The molecule has 0 atom stereocenters. The van der Waals surface area contributed by atoms with Crippen molar-refractivity contribution >= 4 is 21.5 Å². The van der Waals surface area contributed by atoms with Crippen LogP contribution in [0.4, 0.5) is 11.5 Å². The molecule has 0 spiro atoms. The molecule has 0 unspecified atom stereocenters. The van der Waals surface area contributed by atoms with Gasteiger partial charge in [0, 0.05) is 7.05 Å². The number of hydrogen-bond acceptors (Lipinski definition) is 4. The molecule has 0 aliphatic rings. The molecule has 5 nitrogen and oxygen atoms in total. The topological polar surface area (TPSA) is 76.3 Å². The van der Waals surface area contributed by atoms with Crippen LogP contribution in [0.2, 0.25) is 0 Å². The van der Waals surface area contributed by atoms with Crippen molar-refractivity contribution in [2.24, 2.45) is 0 Å². The second-order valence-corrected chi connectivity index (χ2v) is 5.10. The molecule has 0 aliphatic carbocycles. The minimum absolute atomic E-state index is 0.0634. The SMILES string of the molecule is CCS(=O)(=O)N(C)c1ccc(N)nc1. The van der Waals surface area contributed by atoms with Crippen LogP contribution in [-0.4, -0.2) is 26.2 Å².